The van der Waals surface area contributed by atoms with Gasteiger partial charge in [0, 0.05) is 49.9 Å². The number of nitrogens with one attached hydrogen (secondary N) is 3. The summed E-state index contributed by atoms with van der Waals surface area (Å²) in [6, 6.07) is 11.8. The number of piperidine rings is 2. The van der Waals surface area contributed by atoms with E-state index in [0.717, 1.165) is 57.7 Å². The Bertz CT molecular complexity index is 2240. The summed E-state index contributed by atoms with van der Waals surface area (Å²) in [6.07, 6.45) is 8.25. The van der Waals surface area contributed by atoms with Gasteiger partial charge >= 0.3 is 0 Å². The van der Waals surface area contributed by atoms with Gasteiger partial charge in [0.15, 0.2) is 11.6 Å². The van der Waals surface area contributed by atoms with Gasteiger partial charge in [-0.25, -0.2) is 22.5 Å². The highest BCUT2D eigenvalue weighted by Crippen LogP contribution is 2.43. The van der Waals surface area contributed by atoms with Crippen LogP contribution in [0.1, 0.15) is 82.2 Å². The van der Waals surface area contributed by atoms with Crippen LogP contribution in [0.15, 0.2) is 59.7 Å². The molecule has 4 fully saturated rings. The minimum Gasteiger partial charge on any atom is -0.451 e. The molecule has 4 heterocycles. The van der Waals surface area contributed by atoms with Crippen molar-refractivity contribution in [3.63, 3.8) is 0 Å². The molecule has 12 nitrogen and oxygen atoms in total. The lowest BCUT2D eigenvalue weighted by Crippen LogP contribution is -2.49. The molecule has 2 amide bonds. The largest absolute Gasteiger partial charge is 0.451 e. The van der Waals surface area contributed by atoms with Crippen LogP contribution in [-0.4, -0.2) is 81.5 Å². The summed E-state index contributed by atoms with van der Waals surface area (Å²) >= 11 is 1.18. The van der Waals surface area contributed by atoms with Crippen LogP contribution in [-0.2, 0) is 14.3 Å². The zero-order valence-corrected chi connectivity index (χ0v) is 33.4. The van der Waals surface area contributed by atoms with Crippen molar-refractivity contribution in [2.45, 2.75) is 94.4 Å². The van der Waals surface area contributed by atoms with Gasteiger partial charge in [-0.1, -0.05) is 13.0 Å². The quantitative estimate of drug-likeness (QED) is 0.104. The highest BCUT2D eigenvalue weighted by Gasteiger charge is 2.45. The maximum atomic E-state index is 15.3. The van der Waals surface area contributed by atoms with E-state index in [-0.39, 0.29) is 64.0 Å². The number of fused-ring (bicyclic) bond motifs is 1. The van der Waals surface area contributed by atoms with E-state index in [1.165, 1.54) is 36.4 Å². The SMILES string of the molecule is CCN(C)SNc1ccc(F)c(Oc2ccc3ncn(C4COC5(CCN(C6CCC(c7ccc(NC8CCC(=O)NC8=O)cc7F)CC6)CC5)C4)c(=O)c3c2)c1F. The molecule has 1 spiro atoms. The number of ether oxygens (including phenoxy) is 2. The van der Waals surface area contributed by atoms with Crippen LogP contribution >= 0.6 is 12.1 Å². The average Bonchev–Trinajstić information content (AvgIpc) is 3.63. The van der Waals surface area contributed by atoms with Crippen LogP contribution in [0.2, 0.25) is 0 Å². The van der Waals surface area contributed by atoms with Crippen LogP contribution in [0.25, 0.3) is 10.9 Å². The molecule has 0 bridgehead atoms. The second kappa shape index (κ2) is 16.9. The van der Waals surface area contributed by atoms with Crippen molar-refractivity contribution in [2.75, 3.05) is 43.3 Å². The molecule has 3 aliphatic heterocycles. The first-order valence-electron chi connectivity index (χ1n) is 20.1. The van der Waals surface area contributed by atoms with Gasteiger partial charge in [-0.05, 0) is 112 Å². The number of nitrogens with zero attached hydrogens (tertiary/aromatic N) is 4. The number of benzene rings is 3. The molecule has 2 unspecified atom stereocenters. The van der Waals surface area contributed by atoms with E-state index in [2.05, 4.69) is 25.2 Å². The Morgan fingerprint density at radius 1 is 0.983 bits per heavy atom. The van der Waals surface area contributed by atoms with Crippen LogP contribution in [0.4, 0.5) is 24.5 Å². The molecule has 58 heavy (non-hydrogen) atoms. The van der Waals surface area contributed by atoms with Gasteiger partial charge in [0.25, 0.3) is 5.56 Å². The summed E-state index contributed by atoms with van der Waals surface area (Å²) < 4.78 is 64.0. The van der Waals surface area contributed by atoms with E-state index in [4.69, 9.17) is 9.47 Å². The third-order valence-electron chi connectivity index (χ3n) is 12.3. The topological polar surface area (TPSA) is 130 Å². The number of carbonyl (C=O) groups is 2. The van der Waals surface area contributed by atoms with E-state index >= 15 is 8.78 Å². The predicted octanol–water partition coefficient (Wildman–Crippen LogP) is 7.27. The fraction of sp³-hybridized carbons (Fsp3) is 0.476. The number of aromatic nitrogens is 2. The number of hydrogen-bond donors (Lipinski definition) is 3. The molecule has 4 aromatic rings. The molecule has 1 saturated carbocycles. The minimum atomic E-state index is -0.881. The van der Waals surface area contributed by atoms with Crippen molar-refractivity contribution in [2.24, 2.45) is 0 Å². The van der Waals surface area contributed by atoms with Gasteiger partial charge in [-0.15, -0.1) is 0 Å². The van der Waals surface area contributed by atoms with Crippen LogP contribution in [0.3, 0.4) is 0 Å². The highest BCUT2D eigenvalue weighted by molar-refractivity contribution is 7.98. The summed E-state index contributed by atoms with van der Waals surface area (Å²) in [5.74, 6) is -3.03. The van der Waals surface area contributed by atoms with Crippen molar-refractivity contribution >= 4 is 46.2 Å². The number of imide groups is 1. The molecule has 3 N–H and O–H groups in total. The number of amides is 2. The van der Waals surface area contributed by atoms with E-state index in [0.29, 0.717) is 48.8 Å². The lowest BCUT2D eigenvalue weighted by Gasteiger charge is -2.44. The summed E-state index contributed by atoms with van der Waals surface area (Å²) in [4.78, 5) is 44.5. The number of halogens is 3. The Balaban J connectivity index is 0.858. The maximum Gasteiger partial charge on any atom is 0.261 e. The van der Waals surface area contributed by atoms with E-state index in [9.17, 15) is 18.8 Å². The van der Waals surface area contributed by atoms with Gasteiger partial charge in [-0.2, -0.15) is 0 Å². The molecule has 4 aliphatic rings. The third-order valence-corrected chi connectivity index (χ3v) is 13.2. The lowest BCUT2D eigenvalue weighted by atomic mass is 9.79. The van der Waals surface area contributed by atoms with E-state index < -0.39 is 23.4 Å². The van der Waals surface area contributed by atoms with Crippen molar-refractivity contribution in [3.05, 3.63) is 88.2 Å². The Kier molecular flexibility index (Phi) is 11.7. The Hall–Kier alpha value is -4.64. The molecule has 308 valence electrons. The Morgan fingerprint density at radius 3 is 2.52 bits per heavy atom. The Labute approximate surface area is 339 Å². The lowest BCUT2D eigenvalue weighted by molar-refractivity contribution is -0.133. The normalized spacial score (nSPS) is 23.7. The first kappa shape index (κ1) is 40.2. The zero-order valence-electron chi connectivity index (χ0n) is 32.6. The molecule has 1 aliphatic carbocycles. The van der Waals surface area contributed by atoms with Gasteiger partial charge in [0.1, 0.15) is 17.6 Å². The first-order valence-corrected chi connectivity index (χ1v) is 20.8. The molecule has 8 rings (SSSR count). The fourth-order valence-corrected chi connectivity index (χ4v) is 9.37. The second-order valence-corrected chi connectivity index (χ2v) is 16.9. The van der Waals surface area contributed by atoms with Crippen LogP contribution in [0.5, 0.6) is 11.5 Å². The molecular weight excluding hydrogens is 772 g/mol. The van der Waals surface area contributed by atoms with Crippen LogP contribution < -0.4 is 25.7 Å². The summed E-state index contributed by atoms with van der Waals surface area (Å²) in [5, 5.41) is 5.67. The fourth-order valence-electron chi connectivity index (χ4n) is 8.83. The van der Waals surface area contributed by atoms with Crippen molar-refractivity contribution in [1.82, 2.24) is 24.1 Å². The second-order valence-electron chi connectivity index (χ2n) is 15.9. The monoisotopic (exact) mass is 819 g/mol. The molecule has 16 heteroatoms. The standard InChI is InChI=1S/C42H48F3N7O5S/c1-3-50(2)58-49-35-13-11-32(43)39(38(35)45)57-29-9-12-34-31(21-29)41(55)52(24-46-34)28-22-42(56-23-28)16-18-51(19-17-42)27-7-4-25(5-8-27)30-10-6-26(20-33(30)44)47-36-14-15-37(53)48-40(36)54/h6,9-13,20-21,24-25,27-28,36,47,49H,3-5,7-8,14-19,22-23H2,1-2H3,(H,48,53,54). The van der Waals surface area contributed by atoms with Gasteiger partial charge in [-0.3, -0.25) is 24.3 Å². The number of carbonyl (C=O) groups excluding carboxylic acids is 2. The maximum absolute atomic E-state index is 15.3. The number of rotatable bonds is 11. The third kappa shape index (κ3) is 8.42. The molecule has 0 radical (unpaired) electrons. The van der Waals surface area contributed by atoms with Gasteiger partial charge < -0.3 is 24.4 Å². The highest BCUT2D eigenvalue weighted by atomic mass is 32.2. The summed E-state index contributed by atoms with van der Waals surface area (Å²) in [6.45, 7) is 4.79. The minimum absolute atomic E-state index is 0.0684. The Morgan fingerprint density at radius 2 is 1.78 bits per heavy atom. The van der Waals surface area contributed by atoms with Crippen LogP contribution in [0, 0.1) is 17.5 Å². The van der Waals surface area contributed by atoms with E-state index in [1.54, 1.807) is 17.0 Å². The number of hydrogen-bond acceptors (Lipinski definition) is 11. The molecular formula is C42H48F3N7O5S. The smallest absolute Gasteiger partial charge is 0.261 e. The average molecular weight is 820 g/mol. The first-order chi connectivity index (χ1) is 28.0. The van der Waals surface area contributed by atoms with Crippen molar-refractivity contribution in [3.8, 4) is 11.5 Å². The molecule has 2 atom stereocenters. The number of likely N-dealkylation sites (tertiary alicyclic amines) is 1. The van der Waals surface area contributed by atoms with E-state index in [1.807, 2.05) is 30.4 Å². The molecule has 3 saturated heterocycles. The molecule has 1 aromatic heterocycles. The molecule has 3 aromatic carbocycles. The predicted molar refractivity (Wildman–Crippen MR) is 216 cm³/mol. The summed E-state index contributed by atoms with van der Waals surface area (Å²) in [7, 11) is 1.84. The van der Waals surface area contributed by atoms with Gasteiger partial charge in [0.05, 0.1) is 41.2 Å². The summed E-state index contributed by atoms with van der Waals surface area (Å²) in [5.41, 5.74) is 1.13. The van der Waals surface area contributed by atoms with Crippen molar-refractivity contribution in [1.29, 1.82) is 0 Å². The number of anilines is 2. The van der Waals surface area contributed by atoms with Crippen molar-refractivity contribution < 1.29 is 32.2 Å². The van der Waals surface area contributed by atoms with Gasteiger partial charge in [0.2, 0.25) is 17.6 Å². The zero-order chi connectivity index (χ0) is 40.6.